The summed E-state index contributed by atoms with van der Waals surface area (Å²) in [5.41, 5.74) is 5.92. The number of rotatable bonds is 10. The molecule has 3 aromatic rings. The molecule has 4 rings (SSSR count). The molecule has 0 unspecified atom stereocenters. The molecular weight excluding hydrogens is 569 g/mol. The standard InChI is InChI=1S/C30H31F3N4O4S/c1-4-23-24(22-16-37(17-22)12-6-9-26(38)40-41-29(39)30(31,32)33)7-5-8-25(23)27-35-28(42-36-27)20-11-10-19(13-18(2)3)21(14-20)15-34/h5,7-8,10-11,14,18,22H,4,6,9,12-13,16-17H2,1-3H3. The Hall–Kier alpha value is -3.82. The van der Waals surface area contributed by atoms with E-state index < -0.39 is 18.1 Å². The van der Waals surface area contributed by atoms with E-state index in [1.165, 1.54) is 22.7 Å². The summed E-state index contributed by atoms with van der Waals surface area (Å²) in [6.45, 7) is 8.43. The molecule has 1 aliphatic rings. The van der Waals surface area contributed by atoms with Gasteiger partial charge in [-0.1, -0.05) is 51.1 Å². The number of nitrogens with zero attached hydrogens (tertiary/aromatic N) is 4. The third-order valence-corrected chi connectivity index (χ3v) is 7.80. The van der Waals surface area contributed by atoms with E-state index in [1.807, 2.05) is 30.3 Å². The average molecular weight is 601 g/mol. The van der Waals surface area contributed by atoms with Crippen LogP contribution in [0.1, 0.15) is 61.8 Å². The van der Waals surface area contributed by atoms with Crippen molar-refractivity contribution in [1.29, 1.82) is 5.26 Å². The minimum Gasteiger partial charge on any atom is -0.302 e. The van der Waals surface area contributed by atoms with Gasteiger partial charge in [0, 0.05) is 30.1 Å². The van der Waals surface area contributed by atoms with Gasteiger partial charge < -0.3 is 4.90 Å². The van der Waals surface area contributed by atoms with E-state index in [9.17, 15) is 28.0 Å². The maximum Gasteiger partial charge on any atom is 0.495 e. The molecule has 0 atom stereocenters. The Balaban J connectivity index is 1.36. The second-order valence-corrected chi connectivity index (χ2v) is 11.4. The first-order chi connectivity index (χ1) is 20.0. The second-order valence-electron chi connectivity index (χ2n) is 10.6. The minimum absolute atomic E-state index is 0.170. The molecule has 8 nitrogen and oxygen atoms in total. The van der Waals surface area contributed by atoms with Gasteiger partial charge in [0.2, 0.25) is 0 Å². The molecule has 0 N–H and O–H groups in total. The summed E-state index contributed by atoms with van der Waals surface area (Å²) in [6.07, 6.45) is -3.41. The predicted octanol–water partition coefficient (Wildman–Crippen LogP) is 6.25. The minimum atomic E-state index is -5.22. The second kappa shape index (κ2) is 13.4. The van der Waals surface area contributed by atoms with Crippen molar-refractivity contribution in [3.63, 3.8) is 0 Å². The first kappa shape index (κ1) is 31.1. The fourth-order valence-corrected chi connectivity index (χ4v) is 5.71. The molecule has 42 heavy (non-hydrogen) atoms. The highest BCUT2D eigenvalue weighted by Gasteiger charge is 2.43. The summed E-state index contributed by atoms with van der Waals surface area (Å²) in [5, 5.41) is 10.4. The number of hydrogen-bond donors (Lipinski definition) is 0. The van der Waals surface area contributed by atoms with Crippen molar-refractivity contribution in [2.45, 2.75) is 58.5 Å². The van der Waals surface area contributed by atoms with Crippen LogP contribution in [0.3, 0.4) is 0 Å². The van der Waals surface area contributed by atoms with Gasteiger partial charge in [-0.3, -0.25) is 0 Å². The zero-order chi connectivity index (χ0) is 30.4. The molecule has 1 saturated heterocycles. The van der Waals surface area contributed by atoms with E-state index in [0.717, 1.165) is 47.6 Å². The Bertz CT molecular complexity index is 1480. The van der Waals surface area contributed by atoms with Crippen LogP contribution in [-0.4, -0.2) is 52.0 Å². The lowest BCUT2D eigenvalue weighted by molar-refractivity contribution is -0.285. The molecule has 2 aromatic carbocycles. The number of carbonyl (C=O) groups excluding carboxylic acids is 2. The largest absolute Gasteiger partial charge is 0.495 e. The summed E-state index contributed by atoms with van der Waals surface area (Å²) in [7, 11) is 0. The molecule has 12 heteroatoms. The van der Waals surface area contributed by atoms with Gasteiger partial charge in [0.05, 0.1) is 18.1 Å². The van der Waals surface area contributed by atoms with Gasteiger partial charge in [0.25, 0.3) is 0 Å². The molecule has 0 aliphatic carbocycles. The van der Waals surface area contributed by atoms with Crippen LogP contribution in [0.5, 0.6) is 0 Å². The molecule has 0 spiro atoms. The third-order valence-electron chi connectivity index (χ3n) is 7.03. The summed E-state index contributed by atoms with van der Waals surface area (Å²) >= 11 is 1.31. The SMILES string of the molecule is CCc1c(-c2nsc(-c3ccc(CC(C)C)c(C#N)c3)n2)cccc1C1CN(CCCC(=O)OOC(=O)C(F)(F)F)C1. The van der Waals surface area contributed by atoms with E-state index in [-0.39, 0.29) is 12.3 Å². The topological polar surface area (TPSA) is 105 Å². The van der Waals surface area contributed by atoms with Crippen molar-refractivity contribution in [2.75, 3.05) is 19.6 Å². The Morgan fingerprint density at radius 1 is 1.19 bits per heavy atom. The van der Waals surface area contributed by atoms with Crippen LogP contribution in [0, 0.1) is 17.2 Å². The van der Waals surface area contributed by atoms with E-state index in [1.54, 1.807) is 0 Å². The molecule has 0 bridgehead atoms. The van der Waals surface area contributed by atoms with Crippen LogP contribution in [0.2, 0.25) is 0 Å². The number of hydrogen-bond acceptors (Lipinski definition) is 9. The number of nitriles is 1. The van der Waals surface area contributed by atoms with Gasteiger partial charge in [0.1, 0.15) is 5.01 Å². The Morgan fingerprint density at radius 3 is 2.62 bits per heavy atom. The molecule has 2 heterocycles. The lowest BCUT2D eigenvalue weighted by Crippen LogP contribution is -2.45. The normalized spacial score (nSPS) is 14.0. The lowest BCUT2D eigenvalue weighted by Gasteiger charge is -2.40. The van der Waals surface area contributed by atoms with Crippen LogP contribution < -0.4 is 0 Å². The van der Waals surface area contributed by atoms with Crippen molar-refractivity contribution in [3.05, 3.63) is 58.7 Å². The lowest BCUT2D eigenvalue weighted by atomic mass is 9.85. The summed E-state index contributed by atoms with van der Waals surface area (Å²) in [5.74, 6) is -2.21. The summed E-state index contributed by atoms with van der Waals surface area (Å²) < 4.78 is 41.0. The van der Waals surface area contributed by atoms with Crippen LogP contribution in [0.25, 0.3) is 22.0 Å². The fourth-order valence-electron chi connectivity index (χ4n) is 5.04. The van der Waals surface area contributed by atoms with Crippen molar-refractivity contribution in [3.8, 4) is 28.0 Å². The number of carbonyl (C=O) groups is 2. The maximum absolute atomic E-state index is 12.1. The van der Waals surface area contributed by atoms with Gasteiger partial charge in [-0.2, -0.15) is 22.8 Å². The van der Waals surface area contributed by atoms with E-state index in [4.69, 9.17) is 4.98 Å². The van der Waals surface area contributed by atoms with Crippen molar-refractivity contribution in [2.24, 2.45) is 5.92 Å². The smallest absolute Gasteiger partial charge is 0.302 e. The van der Waals surface area contributed by atoms with Crippen molar-refractivity contribution < 1.29 is 32.5 Å². The highest BCUT2D eigenvalue weighted by Crippen LogP contribution is 2.36. The number of likely N-dealkylation sites (tertiary alicyclic amines) is 1. The van der Waals surface area contributed by atoms with Crippen molar-refractivity contribution in [1.82, 2.24) is 14.3 Å². The Kier molecular flexibility index (Phi) is 9.96. The van der Waals surface area contributed by atoms with E-state index in [2.05, 4.69) is 52.0 Å². The van der Waals surface area contributed by atoms with Gasteiger partial charge >= 0.3 is 18.1 Å². The molecular formula is C30H31F3N4O4S. The van der Waals surface area contributed by atoms with Crippen LogP contribution in [0.15, 0.2) is 36.4 Å². The predicted molar refractivity (Wildman–Crippen MR) is 150 cm³/mol. The van der Waals surface area contributed by atoms with E-state index in [0.29, 0.717) is 30.3 Å². The average Bonchev–Trinajstić information content (AvgIpc) is 3.42. The number of aromatic nitrogens is 2. The quantitative estimate of drug-likeness (QED) is 0.199. The molecule has 0 amide bonds. The zero-order valence-electron chi connectivity index (χ0n) is 23.5. The van der Waals surface area contributed by atoms with Crippen molar-refractivity contribution >= 4 is 23.5 Å². The highest BCUT2D eigenvalue weighted by molar-refractivity contribution is 7.09. The molecule has 0 radical (unpaired) electrons. The first-order valence-electron chi connectivity index (χ1n) is 13.7. The number of benzene rings is 2. The van der Waals surface area contributed by atoms with E-state index >= 15 is 0 Å². The number of alkyl halides is 3. The first-order valence-corrected chi connectivity index (χ1v) is 14.5. The number of halogens is 3. The van der Waals surface area contributed by atoms with Gasteiger partial charge in [-0.15, -0.1) is 0 Å². The monoisotopic (exact) mass is 600 g/mol. The molecule has 0 saturated carbocycles. The Morgan fingerprint density at radius 2 is 1.95 bits per heavy atom. The van der Waals surface area contributed by atoms with Gasteiger partial charge in [-0.25, -0.2) is 24.3 Å². The zero-order valence-corrected chi connectivity index (χ0v) is 24.3. The molecule has 1 aromatic heterocycles. The summed E-state index contributed by atoms with van der Waals surface area (Å²) in [4.78, 5) is 36.6. The molecule has 1 fully saturated rings. The van der Waals surface area contributed by atoms with Crippen LogP contribution in [0.4, 0.5) is 13.2 Å². The van der Waals surface area contributed by atoms with Gasteiger partial charge in [-0.05, 0) is 66.0 Å². The fraction of sp³-hybridized carbons (Fsp3) is 0.433. The molecule has 1 aliphatic heterocycles. The maximum atomic E-state index is 12.1. The van der Waals surface area contributed by atoms with Crippen LogP contribution >= 0.6 is 11.5 Å². The van der Waals surface area contributed by atoms with Gasteiger partial charge in [0.15, 0.2) is 5.82 Å². The van der Waals surface area contributed by atoms with Crippen LogP contribution in [-0.2, 0) is 32.2 Å². The summed E-state index contributed by atoms with van der Waals surface area (Å²) in [6, 6.07) is 14.3. The third kappa shape index (κ3) is 7.52. The highest BCUT2D eigenvalue weighted by atomic mass is 32.1. The Labute approximate surface area is 246 Å². The molecule has 222 valence electrons.